The van der Waals surface area contributed by atoms with E-state index in [2.05, 4.69) is 19.6 Å². The van der Waals surface area contributed by atoms with Crippen LogP contribution in [0.2, 0.25) is 0 Å². The zero-order chi connectivity index (χ0) is 15.5. The van der Waals surface area contributed by atoms with Gasteiger partial charge in [-0.15, -0.1) is 0 Å². The van der Waals surface area contributed by atoms with Crippen molar-refractivity contribution >= 4 is 11.7 Å². The van der Waals surface area contributed by atoms with Crippen LogP contribution in [-0.2, 0) is 9.59 Å². The third-order valence-electron chi connectivity index (χ3n) is 8.00. The lowest BCUT2D eigenvalue weighted by molar-refractivity contribution is -0.144. The van der Waals surface area contributed by atoms with E-state index in [1.807, 2.05) is 4.90 Å². The van der Waals surface area contributed by atoms with Crippen molar-refractivity contribution in [2.75, 3.05) is 6.54 Å². The number of fused-ring (bicyclic) bond motifs is 2. The highest BCUT2D eigenvalue weighted by Gasteiger charge is 2.98. The summed E-state index contributed by atoms with van der Waals surface area (Å²) in [5.74, 6) is 0.707. The molecule has 1 amide bonds. The van der Waals surface area contributed by atoms with Gasteiger partial charge in [-0.25, -0.2) is 0 Å². The van der Waals surface area contributed by atoms with E-state index in [0.717, 1.165) is 25.7 Å². The summed E-state index contributed by atoms with van der Waals surface area (Å²) in [7, 11) is 0. The molecule has 0 aromatic rings. The molecule has 5 atom stereocenters. The Kier molecular flexibility index (Phi) is 2.03. The van der Waals surface area contributed by atoms with Gasteiger partial charge in [-0.05, 0) is 44.9 Å². The number of ketones is 1. The first-order valence-electron chi connectivity index (χ1n) is 8.62. The van der Waals surface area contributed by atoms with E-state index in [9.17, 15) is 9.59 Å². The van der Waals surface area contributed by atoms with Gasteiger partial charge in [0.1, 0.15) is 11.2 Å². The van der Waals surface area contributed by atoms with E-state index < -0.39 is 5.41 Å². The number of hydrogen-bond acceptors (Lipinski definition) is 2. The normalized spacial score (nSPS) is 51.2. The van der Waals surface area contributed by atoms with Crippen LogP contribution in [0.3, 0.4) is 0 Å². The van der Waals surface area contributed by atoms with Crippen molar-refractivity contribution in [2.45, 2.75) is 52.0 Å². The SMILES string of the molecule is C=C1CN2C(=O)C3(C(C)=O)[C@@]4(C5=CCCC5)CC1CC2[C@@]34C. The topological polar surface area (TPSA) is 37.4 Å². The van der Waals surface area contributed by atoms with E-state index >= 15 is 0 Å². The van der Waals surface area contributed by atoms with Crippen molar-refractivity contribution < 1.29 is 9.59 Å². The maximum atomic E-state index is 13.3. The molecular weight excluding hydrogens is 274 g/mol. The van der Waals surface area contributed by atoms with Gasteiger partial charge in [0.15, 0.2) is 0 Å². The van der Waals surface area contributed by atoms with Gasteiger partial charge in [0.05, 0.1) is 0 Å². The fourth-order valence-corrected chi connectivity index (χ4v) is 7.30. The Bertz CT molecular complexity index is 692. The Morgan fingerprint density at radius 1 is 1.45 bits per heavy atom. The zero-order valence-electron chi connectivity index (χ0n) is 13.4. The average molecular weight is 297 g/mol. The molecule has 0 radical (unpaired) electrons. The summed E-state index contributed by atoms with van der Waals surface area (Å²) in [5, 5.41) is 0. The van der Waals surface area contributed by atoms with Crippen molar-refractivity contribution in [3.05, 3.63) is 23.8 Å². The Labute approximate surface area is 131 Å². The minimum Gasteiger partial charge on any atom is -0.334 e. The molecule has 3 aliphatic carbocycles. The third-order valence-corrected chi connectivity index (χ3v) is 8.00. The fourth-order valence-electron chi connectivity index (χ4n) is 7.30. The van der Waals surface area contributed by atoms with Crippen LogP contribution >= 0.6 is 0 Å². The van der Waals surface area contributed by atoms with Gasteiger partial charge in [0, 0.05) is 23.4 Å². The monoisotopic (exact) mass is 297 g/mol. The maximum Gasteiger partial charge on any atom is 0.238 e. The molecule has 3 unspecified atom stereocenters. The molecule has 3 heteroatoms. The average Bonchev–Trinajstić information content (AvgIpc) is 2.83. The Hall–Kier alpha value is -1.38. The van der Waals surface area contributed by atoms with Gasteiger partial charge in [0.25, 0.3) is 0 Å². The molecule has 2 aliphatic heterocycles. The molecule has 0 aromatic carbocycles. The van der Waals surface area contributed by atoms with E-state index in [1.165, 1.54) is 17.6 Å². The fraction of sp³-hybridized carbons (Fsp3) is 0.684. The van der Waals surface area contributed by atoms with Gasteiger partial charge in [-0.1, -0.05) is 30.7 Å². The minimum atomic E-state index is -0.754. The first-order chi connectivity index (χ1) is 10.4. The third kappa shape index (κ3) is 0.912. The molecule has 2 bridgehead atoms. The number of hydrogen-bond donors (Lipinski definition) is 0. The smallest absolute Gasteiger partial charge is 0.238 e. The summed E-state index contributed by atoms with van der Waals surface area (Å²) < 4.78 is 0. The van der Waals surface area contributed by atoms with Gasteiger partial charge in [-0.2, -0.15) is 0 Å². The predicted molar refractivity (Wildman–Crippen MR) is 83.0 cm³/mol. The first kappa shape index (κ1) is 13.1. The molecule has 5 rings (SSSR count). The van der Waals surface area contributed by atoms with E-state index in [0.29, 0.717) is 12.5 Å². The van der Waals surface area contributed by atoms with Crippen LogP contribution in [0.5, 0.6) is 0 Å². The molecule has 0 aromatic heterocycles. The number of allylic oxidation sites excluding steroid dienone is 2. The van der Waals surface area contributed by atoms with Crippen molar-refractivity contribution in [1.82, 2.24) is 4.90 Å². The lowest BCUT2D eigenvalue weighted by atomic mass is 9.64. The molecule has 3 nitrogen and oxygen atoms in total. The number of amides is 1. The second kappa shape index (κ2) is 3.42. The van der Waals surface area contributed by atoms with Crippen molar-refractivity contribution in [2.24, 2.45) is 22.2 Å². The quantitative estimate of drug-likeness (QED) is 0.580. The summed E-state index contributed by atoms with van der Waals surface area (Å²) in [6.45, 7) is 8.82. The number of Topliss-reactive ketones (excluding diaryl/α,β-unsaturated/α-hetero) is 1. The van der Waals surface area contributed by atoms with Gasteiger partial charge < -0.3 is 4.90 Å². The maximum absolute atomic E-state index is 13.3. The number of nitrogens with zero attached hydrogens (tertiary/aromatic N) is 1. The van der Waals surface area contributed by atoms with E-state index in [4.69, 9.17) is 0 Å². The number of carbonyl (C=O) groups is 2. The standard InChI is InChI=1S/C19H23NO2/c1-11-10-20-15-8-13(11)9-18(14-6-4-5-7-14)17(15,3)19(18,12(2)21)16(20)22/h6,13,15H,1,4-5,7-10H2,2-3H3/t13?,15?,17-,18-,19?/m1/s1. The Morgan fingerprint density at radius 3 is 2.86 bits per heavy atom. The van der Waals surface area contributed by atoms with Gasteiger partial charge >= 0.3 is 0 Å². The molecular formula is C19H23NO2. The summed E-state index contributed by atoms with van der Waals surface area (Å²) >= 11 is 0. The van der Waals surface area contributed by atoms with Crippen LogP contribution in [0.15, 0.2) is 23.8 Å². The molecule has 2 saturated carbocycles. The molecule has 4 fully saturated rings. The summed E-state index contributed by atoms with van der Waals surface area (Å²) in [6.07, 6.45) is 7.69. The van der Waals surface area contributed by atoms with Crippen molar-refractivity contribution in [1.29, 1.82) is 0 Å². The lowest BCUT2D eigenvalue weighted by Gasteiger charge is -2.50. The van der Waals surface area contributed by atoms with Gasteiger partial charge in [-0.3, -0.25) is 9.59 Å². The van der Waals surface area contributed by atoms with Crippen LogP contribution in [0, 0.1) is 22.2 Å². The largest absolute Gasteiger partial charge is 0.334 e. The van der Waals surface area contributed by atoms with Crippen LogP contribution in [-0.4, -0.2) is 29.2 Å². The highest BCUT2D eigenvalue weighted by molar-refractivity contribution is 6.15. The molecule has 2 heterocycles. The van der Waals surface area contributed by atoms with Gasteiger partial charge in [0.2, 0.25) is 5.91 Å². The Morgan fingerprint density at radius 2 is 2.23 bits per heavy atom. The van der Waals surface area contributed by atoms with Crippen molar-refractivity contribution in [3.8, 4) is 0 Å². The van der Waals surface area contributed by atoms with E-state index in [1.54, 1.807) is 6.92 Å². The van der Waals surface area contributed by atoms with Crippen molar-refractivity contribution in [3.63, 3.8) is 0 Å². The summed E-state index contributed by atoms with van der Waals surface area (Å²) in [5.41, 5.74) is 1.51. The number of piperidine rings is 2. The highest BCUT2D eigenvalue weighted by Crippen LogP contribution is 2.91. The number of carbonyl (C=O) groups excluding carboxylic acids is 2. The van der Waals surface area contributed by atoms with Crippen LogP contribution < -0.4 is 0 Å². The molecule has 0 spiro atoms. The molecule has 2 saturated heterocycles. The van der Waals surface area contributed by atoms with E-state index in [-0.39, 0.29) is 28.6 Å². The molecule has 0 N–H and O–H groups in total. The second-order valence-corrected chi connectivity index (χ2v) is 8.28. The van der Waals surface area contributed by atoms with Crippen LogP contribution in [0.1, 0.15) is 46.0 Å². The number of rotatable bonds is 2. The lowest BCUT2D eigenvalue weighted by Crippen LogP contribution is -2.55. The van der Waals surface area contributed by atoms with Crippen LogP contribution in [0.4, 0.5) is 0 Å². The second-order valence-electron chi connectivity index (χ2n) is 8.28. The Balaban J connectivity index is 1.80. The summed E-state index contributed by atoms with van der Waals surface area (Å²) in [6, 6.07) is 0.245. The first-order valence-corrected chi connectivity index (χ1v) is 8.62. The van der Waals surface area contributed by atoms with Crippen LogP contribution in [0.25, 0.3) is 0 Å². The molecule has 5 aliphatic rings. The summed E-state index contributed by atoms with van der Waals surface area (Å²) in [4.78, 5) is 28.1. The zero-order valence-corrected chi connectivity index (χ0v) is 13.4. The predicted octanol–water partition coefficient (Wildman–Crippen LogP) is 2.87. The minimum absolute atomic E-state index is 0.105. The highest BCUT2D eigenvalue weighted by atomic mass is 16.2. The molecule has 116 valence electrons. The molecule has 22 heavy (non-hydrogen) atoms.